The number of allylic oxidation sites excluding steroid dienone is 4. The molecule has 8 aliphatic rings. The van der Waals surface area contributed by atoms with Gasteiger partial charge in [0, 0.05) is 103 Å². The highest BCUT2D eigenvalue weighted by molar-refractivity contribution is 6.26. The average Bonchev–Trinajstić information content (AvgIpc) is 2.38. The zero-order chi connectivity index (χ0) is 57.4. The van der Waals surface area contributed by atoms with Gasteiger partial charge in [-0.1, -0.05) is 12.1 Å². The Balaban J connectivity index is 0.000000192. The van der Waals surface area contributed by atoms with Crippen LogP contribution in [0.4, 0.5) is 0 Å². The van der Waals surface area contributed by atoms with Gasteiger partial charge in [0.05, 0.1) is 64.7 Å². The first-order chi connectivity index (χ1) is 37.7. The number of amides is 2. The molecule has 10 rings (SSSR count). The molecule has 6 aliphatic heterocycles. The second-order valence-corrected chi connectivity index (χ2v) is 21.5. The lowest BCUT2D eigenvalue weighted by Crippen LogP contribution is -2.71. The number of carbonyl (C=O) groups excluding carboxylic acids is 6. The van der Waals surface area contributed by atoms with Crippen LogP contribution < -0.4 is 24.8 Å². The highest BCUT2D eigenvalue weighted by Crippen LogP contribution is 2.56. The van der Waals surface area contributed by atoms with Crippen LogP contribution in [0.5, 0.6) is 23.0 Å². The molecule has 2 aliphatic carbocycles. The number of Topliss-reactive ketones (excluding diaryl/α,β-unsaturated/α-hetero) is 4. The molecule has 0 saturated carbocycles. The number of rotatable bonds is 11. The van der Waals surface area contributed by atoms with Crippen LogP contribution in [-0.4, -0.2) is 178 Å². The van der Waals surface area contributed by atoms with E-state index in [9.17, 15) is 44.4 Å². The number of ketones is 4. The minimum absolute atomic E-state index is 0.00339. The van der Waals surface area contributed by atoms with E-state index in [1.807, 2.05) is 43.8 Å². The van der Waals surface area contributed by atoms with Crippen LogP contribution >= 0.6 is 0 Å². The second-order valence-electron chi connectivity index (χ2n) is 21.5. The van der Waals surface area contributed by atoms with Crippen LogP contribution in [0.2, 0.25) is 0 Å². The Morgan fingerprint density at radius 3 is 1.42 bits per heavy atom. The zero-order valence-electron chi connectivity index (χ0n) is 46.9. The Labute approximate surface area is 459 Å². The molecule has 2 aromatic rings. The quantitative estimate of drug-likeness (QED) is 0.216. The fourth-order valence-corrected chi connectivity index (χ4v) is 14.3. The predicted molar refractivity (Wildman–Crippen MR) is 283 cm³/mol. The number of hydrogen-bond acceptors (Lipinski definition) is 19. The number of carbonyl (C=O) groups is 6. The summed E-state index contributed by atoms with van der Waals surface area (Å²) < 4.78 is 33.4. The first kappa shape index (κ1) is 56.3. The lowest BCUT2D eigenvalue weighted by atomic mass is 9.69. The van der Waals surface area contributed by atoms with E-state index < -0.39 is 36.0 Å². The molecule has 6 heterocycles. The average molecular weight is 1090 g/mol. The highest BCUT2D eigenvalue weighted by atomic mass is 16.7. The largest absolute Gasteiger partial charge is 0.504 e. The van der Waals surface area contributed by atoms with E-state index in [-0.39, 0.29) is 126 Å². The molecule has 2 fully saturated rings. The lowest BCUT2D eigenvalue weighted by molar-refractivity contribution is -0.124. The Morgan fingerprint density at radius 1 is 0.608 bits per heavy atom. The maximum Gasteiger partial charge on any atom is 0.226 e. The lowest BCUT2D eigenvalue weighted by Gasteiger charge is -2.60. The third-order valence-electron chi connectivity index (χ3n) is 17.5. The van der Waals surface area contributed by atoms with Crippen LogP contribution in [0, 0.1) is 36.5 Å². The summed E-state index contributed by atoms with van der Waals surface area (Å²) in [6.07, 6.45) is 1.52. The van der Waals surface area contributed by atoms with E-state index in [1.165, 1.54) is 35.2 Å². The number of phenols is 1. The first-order valence-corrected chi connectivity index (χ1v) is 26.3. The summed E-state index contributed by atoms with van der Waals surface area (Å²) >= 11 is 0. The number of nitrogens with one attached hydrogen (secondary N) is 2. The fourth-order valence-electron chi connectivity index (χ4n) is 14.3. The van der Waals surface area contributed by atoms with E-state index in [4.69, 9.17) is 28.4 Å². The number of fused-ring (bicyclic) bond motifs is 12. The molecule has 0 radical (unpaired) electrons. The van der Waals surface area contributed by atoms with Crippen molar-refractivity contribution in [3.63, 3.8) is 0 Å². The summed E-state index contributed by atoms with van der Waals surface area (Å²) in [5.41, 5.74) is 7.16. The van der Waals surface area contributed by atoms with E-state index in [1.54, 1.807) is 28.1 Å². The van der Waals surface area contributed by atoms with Crippen LogP contribution in [0.25, 0.3) is 0 Å². The van der Waals surface area contributed by atoms with Gasteiger partial charge in [-0.25, -0.2) is 0 Å². The molecule has 3 N–H and O–H groups in total. The molecule has 2 amide bonds. The summed E-state index contributed by atoms with van der Waals surface area (Å²) in [7, 11) is 11.3. The number of phenolic OH excluding ortho intramolecular Hbond substituents is 1. The molecule has 79 heavy (non-hydrogen) atoms. The van der Waals surface area contributed by atoms with Gasteiger partial charge in [-0.2, -0.15) is 10.5 Å². The monoisotopic (exact) mass is 1080 g/mol. The number of benzene rings is 2. The van der Waals surface area contributed by atoms with Crippen molar-refractivity contribution in [2.24, 2.45) is 0 Å². The number of hydrogen-bond donors (Lipinski definition) is 3. The van der Waals surface area contributed by atoms with E-state index in [0.29, 0.717) is 52.4 Å². The standard InChI is InChI=1S/C30H36N4O7.C28H32N4O6/c1-14-8-17-9-19-21(11-31)34-20(25(33(19)4)23(17)30(28(14)39-6)41-13-38-5)10-18-24(22(34)12-32-16(3)35)27(37)29(40-7)15(2)26(18)36;1-12-7-15-8-17-19(10-29)32-18(23(31(17)4)21(15)25(35)27(12)37-5)9-16-22(20(32)11-30-14(3)33)26(36)28(38-6)13(2)24(16)34/h8,19-22,25H,9-10,12-13H2,1-7H3,(H,32,35);7,17-20,23,35H,8-9,11H2,1-6H3,(H,30,33)/t19-,20?,21-,22-,25-;17-,18?,19-,20-,23-/m00/s1. The summed E-state index contributed by atoms with van der Waals surface area (Å²) in [6, 6.07) is 4.43. The predicted octanol–water partition coefficient (Wildman–Crippen LogP) is 3.20. The second kappa shape index (κ2) is 21.7. The molecule has 21 nitrogen and oxygen atoms in total. The Kier molecular flexibility index (Phi) is 15.5. The number of nitrogens with zero attached hydrogens (tertiary/aromatic N) is 6. The molecule has 10 atom stereocenters. The third kappa shape index (κ3) is 8.77. The Morgan fingerprint density at radius 2 is 1.03 bits per heavy atom. The number of aryl methyl sites for hydroxylation is 2. The number of aromatic hydroxyl groups is 1. The van der Waals surface area contributed by atoms with Crippen molar-refractivity contribution in [2.75, 3.05) is 69.5 Å². The van der Waals surface area contributed by atoms with E-state index in [2.05, 4.69) is 38.6 Å². The van der Waals surface area contributed by atoms with Crippen LogP contribution in [0.1, 0.15) is 86.0 Å². The van der Waals surface area contributed by atoms with Gasteiger partial charge in [-0.3, -0.25) is 48.4 Å². The van der Waals surface area contributed by atoms with Gasteiger partial charge in [0.2, 0.25) is 23.4 Å². The molecule has 2 unspecified atom stereocenters. The van der Waals surface area contributed by atoms with Gasteiger partial charge in [0.15, 0.2) is 52.9 Å². The SMILES string of the molecule is COC1=C(C)C(=O)C2=C(C1=O)[C@H](CNC(C)=O)N1C(C2)[C@H]2c3c(cc(C)c(OC)c3O)C[C@@H]([C@@H]1C#N)N2C.COCOc1c(OC)c(C)cc2c1[C@@H]1C3CC4=C(C(=O)C(OC)=C(C)C4=O)[C@H](CNC(C)=O)N3[C@@H](C#N)[C@H](C2)N1C. The number of nitriles is 2. The number of piperazine rings is 2. The van der Waals surface area contributed by atoms with Gasteiger partial charge < -0.3 is 44.2 Å². The minimum atomic E-state index is -0.721. The topological polar surface area (TPSA) is 263 Å². The molecule has 2 aromatic carbocycles. The smallest absolute Gasteiger partial charge is 0.226 e. The Bertz CT molecular complexity index is 3220. The molecule has 0 spiro atoms. The van der Waals surface area contributed by atoms with Gasteiger partial charge >= 0.3 is 0 Å². The van der Waals surface area contributed by atoms with Crippen LogP contribution in [0.3, 0.4) is 0 Å². The van der Waals surface area contributed by atoms with Crippen molar-refractivity contribution in [3.8, 4) is 35.1 Å². The minimum Gasteiger partial charge on any atom is -0.504 e. The van der Waals surface area contributed by atoms with Gasteiger partial charge in [-0.05, 0) is 89.7 Å². The van der Waals surface area contributed by atoms with Gasteiger partial charge in [0.25, 0.3) is 0 Å². The van der Waals surface area contributed by atoms with Crippen molar-refractivity contribution in [1.29, 1.82) is 10.5 Å². The summed E-state index contributed by atoms with van der Waals surface area (Å²) in [5.74, 6) is -0.256. The van der Waals surface area contributed by atoms with Crippen LogP contribution in [0.15, 0.2) is 57.1 Å². The normalized spacial score (nSPS) is 28.1. The summed E-state index contributed by atoms with van der Waals surface area (Å²) in [6.45, 7) is 9.92. The van der Waals surface area contributed by atoms with E-state index in [0.717, 1.165) is 27.8 Å². The fraction of sp³-hybridized carbons (Fsp3) is 0.517. The third-order valence-corrected chi connectivity index (χ3v) is 17.5. The molecule has 2 saturated heterocycles. The number of likely N-dealkylation sites (N-methyl/N-ethyl adjacent to an activating group) is 2. The first-order valence-electron chi connectivity index (χ1n) is 26.3. The zero-order valence-corrected chi connectivity index (χ0v) is 46.9. The van der Waals surface area contributed by atoms with E-state index >= 15 is 0 Å². The molecule has 4 bridgehead atoms. The van der Waals surface area contributed by atoms with Crippen molar-refractivity contribution >= 4 is 34.9 Å². The maximum absolute atomic E-state index is 13.8. The number of methoxy groups -OCH3 is 5. The van der Waals surface area contributed by atoms with Crippen molar-refractivity contribution in [3.05, 3.63) is 90.5 Å². The van der Waals surface area contributed by atoms with Crippen molar-refractivity contribution in [2.45, 2.75) is 128 Å². The number of ether oxygens (including phenoxy) is 6. The van der Waals surface area contributed by atoms with Crippen LogP contribution in [-0.2, 0) is 55.8 Å². The molecular weight excluding hydrogens is 1020 g/mol. The Hall–Kier alpha value is -7.40. The molecule has 21 heteroatoms. The van der Waals surface area contributed by atoms with Gasteiger partial charge in [0.1, 0.15) is 12.1 Å². The molecular formula is C58H68N8O13. The molecule has 0 aromatic heterocycles. The van der Waals surface area contributed by atoms with Crippen molar-refractivity contribution < 1.29 is 62.3 Å². The summed E-state index contributed by atoms with van der Waals surface area (Å²) in [5, 5.41) is 38.1. The molecule has 418 valence electrons. The van der Waals surface area contributed by atoms with Gasteiger partial charge in [-0.15, -0.1) is 0 Å². The maximum atomic E-state index is 13.8. The van der Waals surface area contributed by atoms with Crippen molar-refractivity contribution in [1.82, 2.24) is 30.2 Å². The highest BCUT2D eigenvalue weighted by Gasteiger charge is 2.60. The summed E-state index contributed by atoms with van der Waals surface area (Å²) in [4.78, 5) is 87.2.